The summed E-state index contributed by atoms with van der Waals surface area (Å²) in [6.07, 6.45) is 0.921. The largest absolute Gasteiger partial charge is 0.300 e. The van der Waals surface area contributed by atoms with Crippen LogP contribution < -0.4 is 0 Å². The third-order valence-corrected chi connectivity index (χ3v) is 9.32. The highest BCUT2D eigenvalue weighted by molar-refractivity contribution is 5.86. The summed E-state index contributed by atoms with van der Waals surface area (Å²) >= 11 is 0. The molecule has 0 fully saturated rings. The number of hydrogen-bond acceptors (Lipinski definition) is 1. The van der Waals surface area contributed by atoms with E-state index in [0.29, 0.717) is 5.78 Å². The van der Waals surface area contributed by atoms with Gasteiger partial charge in [0.2, 0.25) is 0 Å². The van der Waals surface area contributed by atoms with Gasteiger partial charge < -0.3 is 0 Å². The topological polar surface area (TPSA) is 17.1 Å². The van der Waals surface area contributed by atoms with Gasteiger partial charge in [-0.25, -0.2) is 0 Å². The van der Waals surface area contributed by atoms with Gasteiger partial charge in [-0.15, -0.1) is 0 Å². The molecule has 154 valence electrons. The summed E-state index contributed by atoms with van der Waals surface area (Å²) < 4.78 is 0. The Morgan fingerprint density at radius 1 is 0.621 bits per heavy atom. The van der Waals surface area contributed by atoms with Crippen LogP contribution in [0.3, 0.4) is 0 Å². The summed E-state index contributed by atoms with van der Waals surface area (Å²) in [5.74, 6) is 0.369. The Morgan fingerprint density at radius 2 is 0.931 bits per heavy atom. The number of ketones is 1. The molecule has 3 aliphatic carbocycles. The number of carbonyl (C=O) groups excluding carboxylic acids is 1. The van der Waals surface area contributed by atoms with Crippen molar-refractivity contribution in [1.82, 2.24) is 0 Å². The fraction of sp³-hybridized carbons (Fsp3) is 0.536. The molecule has 0 spiro atoms. The highest BCUT2D eigenvalue weighted by atomic mass is 16.1. The normalized spacial score (nSPS) is 27.1. The maximum absolute atomic E-state index is 13.1. The number of Topliss-reactive ketones (excluding diaryl/α,β-unsaturated/α-hetero) is 1. The van der Waals surface area contributed by atoms with Crippen molar-refractivity contribution in [2.75, 3.05) is 0 Å². The van der Waals surface area contributed by atoms with Crippen LogP contribution in [0.2, 0.25) is 0 Å². The van der Waals surface area contributed by atoms with Crippen molar-refractivity contribution in [3.63, 3.8) is 0 Å². The highest BCUT2D eigenvalue weighted by Gasteiger charge is 2.60. The van der Waals surface area contributed by atoms with Crippen LogP contribution in [0, 0.1) is 61.3 Å². The van der Waals surface area contributed by atoms with Gasteiger partial charge in [0.1, 0.15) is 5.78 Å². The summed E-state index contributed by atoms with van der Waals surface area (Å²) in [6, 6.07) is 0. The van der Waals surface area contributed by atoms with Crippen molar-refractivity contribution >= 4 is 5.78 Å². The molecule has 0 amide bonds. The molecular weight excluding hydrogens is 352 g/mol. The Bertz CT molecular complexity index is 1040. The van der Waals surface area contributed by atoms with Gasteiger partial charge in [-0.1, -0.05) is 13.8 Å². The first-order valence-electron chi connectivity index (χ1n) is 11.0. The van der Waals surface area contributed by atoms with E-state index in [1.807, 2.05) is 6.92 Å². The van der Waals surface area contributed by atoms with Crippen LogP contribution in [-0.2, 0) is 15.6 Å². The molecule has 0 aromatic heterocycles. The fourth-order valence-corrected chi connectivity index (χ4v) is 7.27. The zero-order valence-electron chi connectivity index (χ0n) is 20.2. The van der Waals surface area contributed by atoms with Crippen LogP contribution in [0.15, 0.2) is 0 Å². The molecule has 1 heteroatoms. The Balaban J connectivity index is 2.33. The minimum Gasteiger partial charge on any atom is -0.300 e. The first-order valence-corrected chi connectivity index (χ1v) is 11.0. The van der Waals surface area contributed by atoms with Crippen molar-refractivity contribution in [3.05, 3.63) is 66.8 Å². The molecule has 0 N–H and O–H groups in total. The quantitative estimate of drug-likeness (QED) is 0.532. The van der Waals surface area contributed by atoms with E-state index >= 15 is 0 Å². The first kappa shape index (κ1) is 20.4. The van der Waals surface area contributed by atoms with Gasteiger partial charge in [0.25, 0.3) is 0 Å². The third-order valence-electron chi connectivity index (χ3n) is 9.32. The number of fused-ring (bicyclic) bond motifs is 1. The van der Waals surface area contributed by atoms with Crippen molar-refractivity contribution in [2.24, 2.45) is 5.92 Å². The highest BCUT2D eigenvalue weighted by Crippen LogP contribution is 2.65. The molecule has 3 aliphatic rings. The van der Waals surface area contributed by atoms with Gasteiger partial charge in [-0.2, -0.15) is 0 Å². The second-order valence-electron chi connectivity index (χ2n) is 10.4. The van der Waals surface area contributed by atoms with E-state index in [1.54, 1.807) is 0 Å². The number of rotatable bonds is 1. The Morgan fingerprint density at radius 3 is 1.24 bits per heavy atom. The molecule has 0 aliphatic heterocycles. The summed E-state index contributed by atoms with van der Waals surface area (Å²) in [4.78, 5) is 13.1. The summed E-state index contributed by atoms with van der Waals surface area (Å²) in [6.45, 7) is 24.9. The smallest absolute Gasteiger partial charge is 0.134 e. The molecule has 0 heterocycles. The molecule has 5 rings (SSSR count). The van der Waals surface area contributed by atoms with Gasteiger partial charge in [0.15, 0.2) is 0 Å². The number of carbonyl (C=O) groups is 1. The number of benzene rings is 2. The standard InChI is InChI=1S/C28H36O/c1-13-15(3)19(7)25-23(17(13)5)27(10)12-22(21(9)29)28(25,11)26-20(8)16(4)14(2)18(6)24(26)27/h22H,12H2,1-11H3. The minimum atomic E-state index is -0.255. The van der Waals surface area contributed by atoms with Crippen LogP contribution in [0.5, 0.6) is 0 Å². The number of hydrogen-bond donors (Lipinski definition) is 0. The van der Waals surface area contributed by atoms with Crippen molar-refractivity contribution in [2.45, 2.75) is 93.4 Å². The van der Waals surface area contributed by atoms with E-state index in [-0.39, 0.29) is 16.7 Å². The Kier molecular flexibility index (Phi) is 4.10. The van der Waals surface area contributed by atoms with Gasteiger partial charge in [0, 0.05) is 16.7 Å². The van der Waals surface area contributed by atoms with Crippen LogP contribution in [0.1, 0.15) is 94.0 Å². The average Bonchev–Trinajstić information content (AvgIpc) is 2.66. The van der Waals surface area contributed by atoms with E-state index in [9.17, 15) is 4.79 Å². The molecule has 0 saturated carbocycles. The third kappa shape index (κ3) is 2.10. The van der Waals surface area contributed by atoms with E-state index < -0.39 is 0 Å². The second kappa shape index (κ2) is 5.84. The molecule has 1 atom stereocenters. The predicted molar refractivity (Wildman–Crippen MR) is 122 cm³/mol. The second-order valence-corrected chi connectivity index (χ2v) is 10.4. The van der Waals surface area contributed by atoms with Crippen LogP contribution in [0.4, 0.5) is 0 Å². The van der Waals surface area contributed by atoms with Crippen molar-refractivity contribution < 1.29 is 4.79 Å². The minimum absolute atomic E-state index is 0.0351. The Labute approximate surface area is 176 Å². The van der Waals surface area contributed by atoms with E-state index in [2.05, 4.69) is 69.2 Å². The van der Waals surface area contributed by atoms with Gasteiger partial charge in [0.05, 0.1) is 0 Å². The zero-order valence-corrected chi connectivity index (χ0v) is 20.2. The summed E-state index contributed by atoms with van der Waals surface area (Å²) in [5.41, 5.74) is 16.8. The van der Waals surface area contributed by atoms with E-state index in [1.165, 1.54) is 66.8 Å². The summed E-state index contributed by atoms with van der Waals surface area (Å²) in [7, 11) is 0. The molecule has 2 bridgehead atoms. The van der Waals surface area contributed by atoms with Crippen molar-refractivity contribution in [3.8, 4) is 0 Å². The van der Waals surface area contributed by atoms with Gasteiger partial charge >= 0.3 is 0 Å². The lowest BCUT2D eigenvalue weighted by molar-refractivity contribution is -0.123. The van der Waals surface area contributed by atoms with Crippen molar-refractivity contribution in [1.29, 1.82) is 0 Å². The lowest BCUT2D eigenvalue weighted by atomic mass is 9.43. The molecule has 29 heavy (non-hydrogen) atoms. The molecule has 2 aromatic rings. The van der Waals surface area contributed by atoms with Crippen LogP contribution in [0.25, 0.3) is 0 Å². The predicted octanol–water partition coefficient (Wildman–Crippen LogP) is 6.69. The molecule has 1 unspecified atom stereocenters. The van der Waals surface area contributed by atoms with Crippen LogP contribution in [-0.4, -0.2) is 5.78 Å². The molecular formula is C28H36O. The van der Waals surface area contributed by atoms with E-state index in [0.717, 1.165) is 6.42 Å². The van der Waals surface area contributed by atoms with Gasteiger partial charge in [-0.05, 0) is 135 Å². The van der Waals surface area contributed by atoms with Crippen LogP contribution >= 0.6 is 0 Å². The maximum Gasteiger partial charge on any atom is 0.134 e. The van der Waals surface area contributed by atoms with E-state index in [4.69, 9.17) is 0 Å². The lowest BCUT2D eigenvalue weighted by Crippen LogP contribution is -2.56. The average molecular weight is 389 g/mol. The molecule has 0 saturated heterocycles. The fourth-order valence-electron chi connectivity index (χ4n) is 7.27. The summed E-state index contributed by atoms with van der Waals surface area (Å²) in [5, 5.41) is 0. The molecule has 2 aromatic carbocycles. The Hall–Kier alpha value is -1.89. The first-order chi connectivity index (χ1) is 13.3. The molecule has 0 radical (unpaired) electrons. The lowest BCUT2D eigenvalue weighted by Gasteiger charge is -2.59. The SMILES string of the molecule is CC(=O)C1CC2(C)c3c(C)c(C)c(C)c(C)c3C1(C)c1c(C)c(C)c(C)c(C)c12. The maximum atomic E-state index is 13.1. The zero-order chi connectivity index (χ0) is 21.8. The monoisotopic (exact) mass is 388 g/mol. The molecule has 1 nitrogen and oxygen atoms in total. The van der Waals surface area contributed by atoms with Gasteiger partial charge in [-0.3, -0.25) is 4.79 Å².